The van der Waals surface area contributed by atoms with Crippen molar-refractivity contribution < 1.29 is 8.85 Å². The maximum Gasteiger partial charge on any atom is 0.138 e. The van der Waals surface area contributed by atoms with Crippen LogP contribution in [0.5, 0.6) is 11.5 Å². The molecule has 0 aliphatic carbocycles. The first kappa shape index (κ1) is 37.1. The lowest BCUT2D eigenvalue weighted by Gasteiger charge is -2.23. The summed E-state index contributed by atoms with van der Waals surface area (Å²) in [5.41, 5.74) is 11.8. The summed E-state index contributed by atoms with van der Waals surface area (Å²) in [6.07, 6.45) is 1.76. The molecule has 5 nitrogen and oxygen atoms in total. The minimum atomic E-state index is -2.30. The van der Waals surface area contributed by atoms with E-state index in [4.69, 9.17) is 18.9 Å². The molecule has 0 atom stereocenters. The second-order valence-corrected chi connectivity index (χ2v) is 19.5. The van der Waals surface area contributed by atoms with Gasteiger partial charge in [0, 0.05) is 44.3 Å². The zero-order chi connectivity index (χ0) is 46.1. The predicted molar refractivity (Wildman–Crippen MR) is 259 cm³/mol. The monoisotopic (exact) mass is 815 g/mol. The summed E-state index contributed by atoms with van der Waals surface area (Å²) in [6, 6.07) is 51.7. The second-order valence-electron chi connectivity index (χ2n) is 19.5. The van der Waals surface area contributed by atoms with Crippen molar-refractivity contribution in [2.75, 3.05) is 0 Å². The molecular weight excluding hydrogens is 757 g/mol. The van der Waals surface area contributed by atoms with Crippen LogP contribution in [0.2, 0.25) is 0 Å². The van der Waals surface area contributed by atoms with Crippen molar-refractivity contribution in [2.24, 2.45) is 0 Å². The highest BCUT2D eigenvalue weighted by Crippen LogP contribution is 2.40. The zero-order valence-corrected chi connectivity index (χ0v) is 37.2. The average Bonchev–Trinajstić information content (AvgIpc) is 3.85. The maximum atomic E-state index is 8.49. The Morgan fingerprint density at radius 1 is 0.532 bits per heavy atom. The maximum absolute atomic E-state index is 8.49. The molecule has 6 aromatic carbocycles. The number of nitrogens with zero attached hydrogens (tertiary/aromatic N) is 4. The molecule has 0 bridgehead atoms. The molecule has 0 unspecified atom stereocenters. The fourth-order valence-corrected chi connectivity index (χ4v) is 8.67. The number of rotatable bonds is 7. The van der Waals surface area contributed by atoms with Crippen LogP contribution >= 0.6 is 0 Å². The van der Waals surface area contributed by atoms with Crippen molar-refractivity contribution in [2.45, 2.75) is 85.4 Å². The van der Waals surface area contributed by atoms with Gasteiger partial charge in [0.15, 0.2) is 0 Å². The molecule has 0 N–H and O–H groups in total. The zero-order valence-electron chi connectivity index (χ0n) is 40.2. The number of hydrogen-bond donors (Lipinski definition) is 0. The lowest BCUT2D eigenvalue weighted by molar-refractivity contribution is 0.483. The van der Waals surface area contributed by atoms with E-state index >= 15 is 0 Å². The van der Waals surface area contributed by atoms with Gasteiger partial charge in [-0.2, -0.15) is 5.10 Å². The Balaban J connectivity index is 1.14. The second kappa shape index (κ2) is 15.3. The van der Waals surface area contributed by atoms with Gasteiger partial charge in [-0.1, -0.05) is 153 Å². The van der Waals surface area contributed by atoms with Gasteiger partial charge in [0.25, 0.3) is 0 Å². The third-order valence-electron chi connectivity index (χ3n) is 11.8. The average molecular weight is 816 g/mol. The van der Waals surface area contributed by atoms with E-state index in [9.17, 15) is 0 Å². The van der Waals surface area contributed by atoms with Crippen molar-refractivity contribution in [3.05, 3.63) is 180 Å². The summed E-state index contributed by atoms with van der Waals surface area (Å²) < 4.78 is 36.4. The first-order valence-corrected chi connectivity index (χ1v) is 21.5. The van der Waals surface area contributed by atoms with E-state index in [1.54, 1.807) is 6.20 Å². The number of aryl methyl sites for hydroxylation is 1. The lowest BCUT2D eigenvalue weighted by atomic mass is 9.82. The third-order valence-corrected chi connectivity index (χ3v) is 11.8. The lowest BCUT2D eigenvalue weighted by Crippen LogP contribution is -2.13. The first-order valence-electron chi connectivity index (χ1n) is 23.0. The van der Waals surface area contributed by atoms with Gasteiger partial charge >= 0.3 is 0 Å². The molecule has 0 radical (unpaired) electrons. The summed E-state index contributed by atoms with van der Waals surface area (Å²) in [5.74, 6) is 2.01. The van der Waals surface area contributed by atoms with Gasteiger partial charge in [-0.25, -0.2) is 9.67 Å². The van der Waals surface area contributed by atoms with E-state index in [1.165, 1.54) is 11.1 Å². The van der Waals surface area contributed by atoms with Crippen molar-refractivity contribution in [3.63, 3.8) is 0 Å². The van der Waals surface area contributed by atoms with E-state index < -0.39 is 6.85 Å². The summed E-state index contributed by atoms with van der Waals surface area (Å²) >= 11 is 0. The van der Waals surface area contributed by atoms with Gasteiger partial charge in [-0.15, -0.1) is 0 Å². The molecule has 0 aliphatic rings. The Hall–Kier alpha value is -6.72. The van der Waals surface area contributed by atoms with E-state index in [0.29, 0.717) is 28.4 Å². The van der Waals surface area contributed by atoms with Crippen molar-refractivity contribution in [3.8, 4) is 56.6 Å². The molecule has 3 aromatic heterocycles. The minimum Gasteiger partial charge on any atom is -0.457 e. The van der Waals surface area contributed by atoms with Crippen molar-refractivity contribution >= 4 is 21.8 Å². The molecule has 0 aliphatic heterocycles. The highest BCUT2D eigenvalue weighted by Gasteiger charge is 2.25. The van der Waals surface area contributed by atoms with Crippen LogP contribution in [-0.2, 0) is 16.2 Å². The molecule has 62 heavy (non-hydrogen) atoms. The molecule has 3 heterocycles. The fourth-order valence-electron chi connectivity index (χ4n) is 8.67. The molecule has 9 rings (SSSR count). The van der Waals surface area contributed by atoms with Gasteiger partial charge in [0.05, 0.1) is 28.1 Å². The molecule has 0 spiro atoms. The Kier molecular flexibility index (Phi) is 9.16. The number of ether oxygens (including phenoxy) is 1. The van der Waals surface area contributed by atoms with Gasteiger partial charge in [-0.3, -0.25) is 4.57 Å². The van der Waals surface area contributed by atoms with E-state index in [2.05, 4.69) is 156 Å². The Bertz CT molecular complexity index is 3240. The molecule has 9 aromatic rings. The van der Waals surface area contributed by atoms with Gasteiger partial charge < -0.3 is 4.74 Å². The number of benzene rings is 6. The first-order chi connectivity index (χ1) is 30.8. The molecular formula is C57H56N4O. The fraction of sp³-hybridized carbons (Fsp3) is 0.228. The Labute approximate surface area is 370 Å². The number of para-hydroxylation sites is 1. The van der Waals surface area contributed by atoms with Crippen LogP contribution in [0.25, 0.3) is 67.0 Å². The van der Waals surface area contributed by atoms with E-state index in [0.717, 1.165) is 61.1 Å². The van der Waals surface area contributed by atoms with E-state index in [-0.39, 0.29) is 16.2 Å². The number of pyridine rings is 1. The summed E-state index contributed by atoms with van der Waals surface area (Å²) in [4.78, 5) is 4.88. The predicted octanol–water partition coefficient (Wildman–Crippen LogP) is 15.4. The minimum absolute atomic E-state index is 0.0785. The highest BCUT2D eigenvalue weighted by molar-refractivity contribution is 6.09. The van der Waals surface area contributed by atoms with Crippen LogP contribution in [0.15, 0.2) is 158 Å². The molecule has 0 saturated carbocycles. The quantitative estimate of drug-likeness (QED) is 0.161. The molecule has 0 amide bonds. The van der Waals surface area contributed by atoms with Crippen LogP contribution in [0.1, 0.15) is 88.7 Å². The Morgan fingerprint density at radius 2 is 1.21 bits per heavy atom. The van der Waals surface area contributed by atoms with Crippen LogP contribution in [0.3, 0.4) is 0 Å². The van der Waals surface area contributed by atoms with E-state index in [1.807, 2.05) is 66.7 Å². The van der Waals surface area contributed by atoms with Crippen LogP contribution in [0, 0.1) is 6.85 Å². The molecule has 0 saturated heterocycles. The molecule has 0 fully saturated rings. The smallest absolute Gasteiger partial charge is 0.138 e. The number of fused-ring (bicyclic) bond motifs is 3. The van der Waals surface area contributed by atoms with Gasteiger partial charge in [0.1, 0.15) is 17.3 Å². The Morgan fingerprint density at radius 3 is 1.95 bits per heavy atom. The summed E-state index contributed by atoms with van der Waals surface area (Å²) in [6.45, 7) is 17.5. The van der Waals surface area contributed by atoms with Crippen LogP contribution in [0.4, 0.5) is 0 Å². The van der Waals surface area contributed by atoms with Crippen LogP contribution in [-0.4, -0.2) is 19.3 Å². The molecule has 5 heteroatoms. The standard InChI is InChI=1S/C57H56N4O/c1-37-32-39(55(2,3)4)26-28-43(37)38-30-31-58-54(33-38)60-51-25-16-13-20-44(51)45-29-27-42(35-52(45)60)62-41-19-17-18-40(34-41)61-53(47-22-12-15-24-49(47)57(8,9)10)36-50(59-61)46-21-11-14-23-48(46)56(5,6)7/h11-36H,1-10H3/i1D3. The van der Waals surface area contributed by atoms with Crippen molar-refractivity contribution in [1.82, 2.24) is 19.3 Å². The normalized spacial score (nSPS) is 13.3. The van der Waals surface area contributed by atoms with Crippen molar-refractivity contribution in [1.29, 1.82) is 0 Å². The number of aromatic nitrogens is 4. The van der Waals surface area contributed by atoms with Gasteiger partial charge in [0.2, 0.25) is 0 Å². The molecule has 310 valence electrons. The summed E-state index contributed by atoms with van der Waals surface area (Å²) in [7, 11) is 0. The largest absolute Gasteiger partial charge is 0.457 e. The topological polar surface area (TPSA) is 44.9 Å². The highest BCUT2D eigenvalue weighted by atomic mass is 16.5. The van der Waals surface area contributed by atoms with Crippen LogP contribution < -0.4 is 4.74 Å². The summed E-state index contributed by atoms with van der Waals surface area (Å²) in [5, 5.41) is 7.49. The third kappa shape index (κ3) is 7.62. The SMILES string of the molecule is [2H]C([2H])([2H])c1cc(C(C)(C)C)ccc1-c1ccnc(-n2c3ccccc3c3ccc(Oc4cccc(-n5nc(-c6ccccc6C(C)(C)C)cc5-c5ccccc5C(C)(C)C)c4)cc32)c1. The number of hydrogen-bond acceptors (Lipinski definition) is 3. The van der Waals surface area contributed by atoms with Gasteiger partial charge in [-0.05, 0) is 105 Å².